The zero-order chi connectivity index (χ0) is 22.8. The van der Waals surface area contributed by atoms with E-state index < -0.39 is 0 Å². The number of nitrogens with one attached hydrogen (secondary N) is 1. The maximum atomic E-state index is 12.6. The largest absolute Gasteiger partial charge is 0.493 e. The SMILES string of the molecule is COc1cc2nc(SCC(=O)Nc3ccc(C(C)C)cc3)n3nc(C)nc3c2cc1OC. The van der Waals surface area contributed by atoms with E-state index in [1.807, 2.05) is 37.3 Å². The Kier molecular flexibility index (Phi) is 6.18. The smallest absolute Gasteiger partial charge is 0.234 e. The molecule has 32 heavy (non-hydrogen) atoms. The molecule has 0 spiro atoms. The van der Waals surface area contributed by atoms with Crippen LogP contribution in [0.25, 0.3) is 16.6 Å². The van der Waals surface area contributed by atoms with E-state index in [2.05, 4.69) is 29.2 Å². The lowest BCUT2D eigenvalue weighted by molar-refractivity contribution is -0.113. The van der Waals surface area contributed by atoms with Crippen molar-refractivity contribution in [2.45, 2.75) is 31.8 Å². The van der Waals surface area contributed by atoms with Crippen molar-refractivity contribution < 1.29 is 14.3 Å². The minimum Gasteiger partial charge on any atom is -0.493 e. The Bertz CT molecular complexity index is 1280. The summed E-state index contributed by atoms with van der Waals surface area (Å²) in [6.07, 6.45) is 0. The van der Waals surface area contributed by atoms with Gasteiger partial charge in [0.2, 0.25) is 5.91 Å². The van der Waals surface area contributed by atoms with Crippen molar-refractivity contribution in [2.75, 3.05) is 25.3 Å². The zero-order valence-electron chi connectivity index (χ0n) is 18.7. The molecule has 0 unspecified atom stereocenters. The number of amides is 1. The fourth-order valence-corrected chi connectivity index (χ4v) is 4.13. The van der Waals surface area contributed by atoms with Crippen LogP contribution in [0, 0.1) is 6.92 Å². The molecule has 0 atom stereocenters. The molecule has 0 radical (unpaired) electrons. The predicted octanol–water partition coefficient (Wildman–Crippen LogP) is 4.46. The van der Waals surface area contributed by atoms with Crippen molar-refractivity contribution in [3.05, 3.63) is 47.8 Å². The maximum absolute atomic E-state index is 12.6. The second kappa shape index (κ2) is 9.04. The molecule has 4 aromatic rings. The van der Waals surface area contributed by atoms with Gasteiger partial charge in [-0.15, -0.1) is 5.10 Å². The summed E-state index contributed by atoms with van der Waals surface area (Å²) in [6.45, 7) is 6.10. The van der Waals surface area contributed by atoms with Gasteiger partial charge in [-0.3, -0.25) is 4.79 Å². The van der Waals surface area contributed by atoms with Crippen molar-refractivity contribution in [3.63, 3.8) is 0 Å². The molecule has 0 aliphatic heterocycles. The maximum Gasteiger partial charge on any atom is 0.234 e. The summed E-state index contributed by atoms with van der Waals surface area (Å²) in [5.74, 6) is 2.30. The zero-order valence-corrected chi connectivity index (χ0v) is 19.5. The molecular formula is C23H25N5O3S. The number of hydrogen-bond acceptors (Lipinski definition) is 7. The van der Waals surface area contributed by atoms with Gasteiger partial charge in [0.1, 0.15) is 5.82 Å². The lowest BCUT2D eigenvalue weighted by atomic mass is 10.0. The third-order valence-electron chi connectivity index (χ3n) is 5.05. The Morgan fingerprint density at radius 3 is 2.44 bits per heavy atom. The molecule has 0 saturated heterocycles. The van der Waals surface area contributed by atoms with Crippen molar-refractivity contribution in [1.82, 2.24) is 19.6 Å². The highest BCUT2D eigenvalue weighted by Crippen LogP contribution is 2.34. The van der Waals surface area contributed by atoms with Gasteiger partial charge in [-0.05, 0) is 36.6 Å². The molecule has 2 heterocycles. The van der Waals surface area contributed by atoms with E-state index in [1.54, 1.807) is 24.8 Å². The number of aromatic nitrogens is 4. The number of thioether (sulfide) groups is 1. The highest BCUT2D eigenvalue weighted by molar-refractivity contribution is 7.99. The number of aryl methyl sites for hydroxylation is 1. The van der Waals surface area contributed by atoms with E-state index in [0.717, 1.165) is 11.1 Å². The normalized spacial score (nSPS) is 11.3. The van der Waals surface area contributed by atoms with Gasteiger partial charge in [0, 0.05) is 17.1 Å². The molecular weight excluding hydrogens is 426 g/mol. The van der Waals surface area contributed by atoms with Gasteiger partial charge < -0.3 is 14.8 Å². The average Bonchev–Trinajstić information content (AvgIpc) is 3.18. The van der Waals surface area contributed by atoms with Crippen LogP contribution in [-0.4, -0.2) is 45.5 Å². The first-order valence-corrected chi connectivity index (χ1v) is 11.2. The van der Waals surface area contributed by atoms with E-state index in [1.165, 1.54) is 17.3 Å². The second-order valence-electron chi connectivity index (χ2n) is 7.63. The van der Waals surface area contributed by atoms with Gasteiger partial charge in [-0.2, -0.15) is 4.52 Å². The summed E-state index contributed by atoms with van der Waals surface area (Å²) in [6, 6.07) is 11.5. The van der Waals surface area contributed by atoms with Gasteiger partial charge in [0.15, 0.2) is 22.3 Å². The van der Waals surface area contributed by atoms with Gasteiger partial charge in [0.05, 0.1) is 25.5 Å². The summed E-state index contributed by atoms with van der Waals surface area (Å²) in [5, 5.41) is 8.77. The third kappa shape index (κ3) is 4.34. The lowest BCUT2D eigenvalue weighted by Crippen LogP contribution is -2.14. The summed E-state index contributed by atoms with van der Waals surface area (Å²) in [4.78, 5) is 21.8. The summed E-state index contributed by atoms with van der Waals surface area (Å²) in [7, 11) is 3.17. The van der Waals surface area contributed by atoms with E-state index in [9.17, 15) is 4.79 Å². The van der Waals surface area contributed by atoms with Crippen LogP contribution in [0.4, 0.5) is 5.69 Å². The molecule has 0 aliphatic rings. The molecule has 2 aromatic heterocycles. The molecule has 8 nitrogen and oxygen atoms in total. The fraction of sp³-hybridized carbons (Fsp3) is 0.304. The number of fused-ring (bicyclic) bond motifs is 3. The van der Waals surface area contributed by atoms with Crippen LogP contribution in [-0.2, 0) is 4.79 Å². The van der Waals surface area contributed by atoms with Crippen LogP contribution in [0.5, 0.6) is 11.5 Å². The van der Waals surface area contributed by atoms with Crippen LogP contribution in [0.1, 0.15) is 31.2 Å². The van der Waals surface area contributed by atoms with Crippen LogP contribution < -0.4 is 14.8 Å². The summed E-state index contributed by atoms with van der Waals surface area (Å²) >= 11 is 1.30. The number of rotatable bonds is 7. The Morgan fingerprint density at radius 1 is 1.09 bits per heavy atom. The first kappa shape index (κ1) is 21.9. The molecule has 1 amide bonds. The van der Waals surface area contributed by atoms with Crippen LogP contribution >= 0.6 is 11.8 Å². The minimum atomic E-state index is -0.119. The number of anilines is 1. The van der Waals surface area contributed by atoms with E-state index in [4.69, 9.17) is 14.5 Å². The Hall–Kier alpha value is -3.33. The first-order valence-electron chi connectivity index (χ1n) is 10.2. The highest BCUT2D eigenvalue weighted by Gasteiger charge is 2.17. The number of carbonyl (C=O) groups is 1. The Morgan fingerprint density at radius 2 is 1.78 bits per heavy atom. The predicted molar refractivity (Wildman–Crippen MR) is 126 cm³/mol. The molecule has 0 bridgehead atoms. The van der Waals surface area contributed by atoms with Crippen LogP contribution in [0.2, 0.25) is 0 Å². The van der Waals surface area contributed by atoms with E-state index in [0.29, 0.717) is 39.6 Å². The molecule has 2 aromatic carbocycles. The standard InChI is InChI=1S/C23H25N5O3S/c1-13(2)15-6-8-16(9-7-15)25-21(29)12-32-23-26-18-11-20(31-5)19(30-4)10-17(18)22-24-14(3)27-28(22)23/h6-11,13H,12H2,1-5H3,(H,25,29). The number of nitrogens with zero attached hydrogens (tertiary/aromatic N) is 4. The minimum absolute atomic E-state index is 0.119. The summed E-state index contributed by atoms with van der Waals surface area (Å²) in [5.41, 5.74) is 3.34. The monoisotopic (exact) mass is 451 g/mol. The lowest BCUT2D eigenvalue weighted by Gasteiger charge is -2.11. The van der Waals surface area contributed by atoms with Crippen molar-refractivity contribution >= 4 is 39.9 Å². The van der Waals surface area contributed by atoms with Gasteiger partial charge in [-0.25, -0.2) is 9.97 Å². The second-order valence-corrected chi connectivity index (χ2v) is 8.57. The van der Waals surface area contributed by atoms with Crippen molar-refractivity contribution in [2.24, 2.45) is 0 Å². The number of carbonyl (C=O) groups excluding carboxylic acids is 1. The molecule has 0 saturated carbocycles. The average molecular weight is 452 g/mol. The number of hydrogen-bond donors (Lipinski definition) is 1. The van der Waals surface area contributed by atoms with Crippen LogP contribution in [0.3, 0.4) is 0 Å². The van der Waals surface area contributed by atoms with Crippen molar-refractivity contribution in [3.8, 4) is 11.5 Å². The number of benzene rings is 2. The molecule has 0 aliphatic carbocycles. The molecule has 166 valence electrons. The van der Waals surface area contributed by atoms with Gasteiger partial charge >= 0.3 is 0 Å². The van der Waals surface area contributed by atoms with Crippen LogP contribution in [0.15, 0.2) is 41.6 Å². The highest BCUT2D eigenvalue weighted by atomic mass is 32.2. The van der Waals surface area contributed by atoms with Gasteiger partial charge in [-0.1, -0.05) is 37.7 Å². The molecule has 4 rings (SSSR count). The van der Waals surface area contributed by atoms with E-state index in [-0.39, 0.29) is 11.7 Å². The molecule has 1 N–H and O–H groups in total. The van der Waals surface area contributed by atoms with E-state index >= 15 is 0 Å². The Labute approximate surface area is 190 Å². The molecule has 0 fully saturated rings. The number of ether oxygens (including phenoxy) is 2. The topological polar surface area (TPSA) is 90.6 Å². The molecule has 9 heteroatoms. The number of methoxy groups -OCH3 is 2. The third-order valence-corrected chi connectivity index (χ3v) is 5.98. The van der Waals surface area contributed by atoms with Gasteiger partial charge in [0.25, 0.3) is 0 Å². The first-order chi connectivity index (χ1) is 15.4. The van der Waals surface area contributed by atoms with Crippen molar-refractivity contribution in [1.29, 1.82) is 0 Å². The summed E-state index contributed by atoms with van der Waals surface area (Å²) < 4.78 is 12.5. The fourth-order valence-electron chi connectivity index (χ4n) is 3.38. The Balaban J connectivity index is 1.59. The quantitative estimate of drug-likeness (QED) is 0.328.